The number of terminal acetylenes is 1. The van der Waals surface area contributed by atoms with Crippen LogP contribution in [0.25, 0.3) is 0 Å². The van der Waals surface area contributed by atoms with Gasteiger partial charge in [-0.3, -0.25) is 14.4 Å². The second-order valence-electron chi connectivity index (χ2n) is 5.88. The first-order chi connectivity index (χ1) is 13.3. The summed E-state index contributed by atoms with van der Waals surface area (Å²) in [5.41, 5.74) is 5.60. The van der Waals surface area contributed by atoms with Crippen molar-refractivity contribution in [3.05, 3.63) is 11.1 Å². The maximum absolute atomic E-state index is 12.7. The molecule has 0 aromatic carbocycles. The molecule has 4 N–H and O–H groups in total. The average molecular weight is 444 g/mol. The number of nitrogens with one attached hydrogen (secondary N) is 1. The lowest BCUT2D eigenvalue weighted by molar-refractivity contribution is -0.151. The molecule has 2 unspecified atom stereocenters. The number of alkyl halides is 1. The topological polar surface area (TPSA) is 147 Å². The highest BCUT2D eigenvalue weighted by molar-refractivity contribution is 8.00. The number of hydrogen-bond acceptors (Lipinski definition) is 9. The van der Waals surface area contributed by atoms with Crippen LogP contribution in [0.3, 0.4) is 0 Å². The molecular weight excluding hydrogens is 430 g/mol. The number of carboxylic acid groups (broad SMARTS) is 1. The lowest BCUT2D eigenvalue weighted by Crippen LogP contribution is -2.74. The van der Waals surface area contributed by atoms with E-state index in [2.05, 4.69) is 21.4 Å². The number of oxime groups is 1. The van der Waals surface area contributed by atoms with Crippen LogP contribution in [0.15, 0.2) is 10.5 Å². The number of nitrogens with zero attached hydrogens (tertiary/aromatic N) is 3. The number of carboxylic acids is 1. The largest absolute Gasteiger partial charge is 0.480 e. The molecule has 1 aromatic rings. The molecule has 28 heavy (non-hydrogen) atoms. The summed E-state index contributed by atoms with van der Waals surface area (Å²) in [4.78, 5) is 45.0. The number of carbonyl (C=O) groups excluding carboxylic acids is 2. The highest BCUT2D eigenvalue weighted by atomic mass is 35.5. The van der Waals surface area contributed by atoms with Crippen molar-refractivity contribution in [1.29, 1.82) is 0 Å². The molecule has 13 heteroatoms. The third kappa shape index (κ3) is 3.73. The van der Waals surface area contributed by atoms with Crippen molar-refractivity contribution in [3.8, 4) is 12.3 Å². The lowest BCUT2D eigenvalue weighted by atomic mass is 10.0. The fourth-order valence-electron chi connectivity index (χ4n) is 2.62. The number of thiazole rings is 1. The maximum Gasteiger partial charge on any atom is 0.327 e. The molecule has 1 aromatic heterocycles. The zero-order valence-electron chi connectivity index (χ0n) is 14.1. The van der Waals surface area contributed by atoms with E-state index >= 15 is 0 Å². The number of fused-ring (bicyclic) bond motifs is 1. The maximum atomic E-state index is 12.7. The van der Waals surface area contributed by atoms with E-state index in [1.807, 2.05) is 0 Å². The van der Waals surface area contributed by atoms with E-state index in [0.29, 0.717) is 0 Å². The summed E-state index contributed by atoms with van der Waals surface area (Å²) in [7, 11) is 0. The number of carbonyl (C=O) groups is 3. The summed E-state index contributed by atoms with van der Waals surface area (Å²) in [6.45, 7) is -0.292. The fraction of sp³-hybridized carbons (Fsp3) is 0.400. The number of anilines is 1. The summed E-state index contributed by atoms with van der Waals surface area (Å²) < 4.78 is 0. The molecule has 3 atom stereocenters. The predicted octanol–water partition coefficient (Wildman–Crippen LogP) is -0.459. The van der Waals surface area contributed by atoms with Crippen molar-refractivity contribution in [2.75, 3.05) is 24.6 Å². The van der Waals surface area contributed by atoms with Crippen molar-refractivity contribution >= 4 is 63.3 Å². The molecule has 2 saturated heterocycles. The molecule has 2 aliphatic heterocycles. The Balaban J connectivity index is 1.71. The van der Waals surface area contributed by atoms with Gasteiger partial charge in [0.05, 0.1) is 6.54 Å². The van der Waals surface area contributed by atoms with Gasteiger partial charge in [0, 0.05) is 11.1 Å². The smallest absolute Gasteiger partial charge is 0.327 e. The first kappa shape index (κ1) is 20.2. The first-order valence-electron chi connectivity index (χ1n) is 7.77. The number of aliphatic carboxylic acids is 1. The number of amides is 2. The zero-order chi connectivity index (χ0) is 20.5. The SMILES string of the molecule is C#CCON=C(C(=O)NC1C(=O)N2CC(Cl)(C(=O)O)CS[C@H]12)c1csc(N)n1. The van der Waals surface area contributed by atoms with Gasteiger partial charge in [0.2, 0.25) is 5.91 Å². The van der Waals surface area contributed by atoms with E-state index in [4.69, 9.17) is 28.6 Å². The van der Waals surface area contributed by atoms with Crippen LogP contribution in [-0.4, -0.2) is 73.7 Å². The van der Waals surface area contributed by atoms with E-state index in [1.165, 1.54) is 22.0 Å². The highest BCUT2D eigenvalue weighted by Crippen LogP contribution is 2.41. The van der Waals surface area contributed by atoms with Crippen molar-refractivity contribution in [1.82, 2.24) is 15.2 Å². The Bertz CT molecular complexity index is 900. The molecule has 0 spiro atoms. The van der Waals surface area contributed by atoms with Gasteiger partial charge in [0.15, 0.2) is 22.3 Å². The first-order valence-corrected chi connectivity index (χ1v) is 10.1. The van der Waals surface area contributed by atoms with Gasteiger partial charge in [-0.25, -0.2) is 4.98 Å². The van der Waals surface area contributed by atoms with Crippen molar-refractivity contribution in [3.63, 3.8) is 0 Å². The number of rotatable bonds is 6. The Hall–Kier alpha value is -2.49. The van der Waals surface area contributed by atoms with Gasteiger partial charge in [-0.15, -0.1) is 41.1 Å². The number of halogens is 1. The minimum atomic E-state index is -1.54. The predicted molar refractivity (Wildman–Crippen MR) is 104 cm³/mol. The monoisotopic (exact) mass is 443 g/mol. The van der Waals surface area contributed by atoms with Gasteiger partial charge in [0.25, 0.3) is 5.91 Å². The Morgan fingerprint density at radius 2 is 2.39 bits per heavy atom. The third-order valence-corrected chi connectivity index (χ3v) is 6.77. The molecule has 0 radical (unpaired) electrons. The van der Waals surface area contributed by atoms with Crippen molar-refractivity contribution in [2.24, 2.45) is 5.16 Å². The minimum Gasteiger partial charge on any atom is -0.480 e. The minimum absolute atomic E-state index is 0.0968. The van der Waals surface area contributed by atoms with Crippen LogP contribution < -0.4 is 11.1 Å². The van der Waals surface area contributed by atoms with Crippen LogP contribution in [0, 0.1) is 12.3 Å². The zero-order valence-corrected chi connectivity index (χ0v) is 16.5. The highest BCUT2D eigenvalue weighted by Gasteiger charge is 2.57. The Kier molecular flexibility index (Phi) is 5.69. The summed E-state index contributed by atoms with van der Waals surface area (Å²) in [5.74, 6) is -0.00610. The Morgan fingerprint density at radius 3 is 3.00 bits per heavy atom. The number of β-lactam (4-membered cyclic amide) rings is 1. The Morgan fingerprint density at radius 1 is 1.64 bits per heavy atom. The fourth-order valence-corrected chi connectivity index (χ4v) is 4.87. The number of aromatic nitrogens is 1. The molecule has 148 valence electrons. The van der Waals surface area contributed by atoms with Gasteiger partial charge >= 0.3 is 5.97 Å². The molecule has 2 aliphatic rings. The van der Waals surface area contributed by atoms with E-state index < -0.39 is 34.1 Å². The summed E-state index contributed by atoms with van der Waals surface area (Å²) in [6, 6.07) is -0.846. The van der Waals surface area contributed by atoms with Gasteiger partial charge in [-0.2, -0.15) is 0 Å². The molecule has 0 saturated carbocycles. The van der Waals surface area contributed by atoms with Crippen LogP contribution in [-0.2, 0) is 19.2 Å². The van der Waals surface area contributed by atoms with E-state index in [-0.39, 0.29) is 35.4 Å². The van der Waals surface area contributed by atoms with Gasteiger partial charge in [0.1, 0.15) is 17.1 Å². The Labute approximate surface area is 172 Å². The molecule has 2 amide bonds. The molecule has 2 fully saturated rings. The van der Waals surface area contributed by atoms with E-state index in [1.54, 1.807) is 0 Å². The second kappa shape index (κ2) is 7.86. The van der Waals surface area contributed by atoms with Crippen LogP contribution in [0.5, 0.6) is 0 Å². The van der Waals surface area contributed by atoms with Crippen LogP contribution >= 0.6 is 34.7 Å². The standard InChI is InChI=1S/C15H14ClN5O5S2/c1-2-3-26-20-8(7-4-27-14(17)18-7)10(22)19-9-11(23)21-5-15(16,13(24)25)6-28-12(9)21/h1,4,9,12H,3,5-6H2,(H2,17,18)(H,19,22)(H,24,25)/t9?,12-,15?/m1/s1. The summed E-state index contributed by atoms with van der Waals surface area (Å²) >= 11 is 8.35. The lowest BCUT2D eigenvalue weighted by Gasteiger charge is -2.52. The van der Waals surface area contributed by atoms with Crippen molar-refractivity contribution < 1.29 is 24.3 Å². The van der Waals surface area contributed by atoms with Gasteiger partial charge in [-0.1, -0.05) is 11.1 Å². The molecular formula is C15H14ClN5O5S2. The molecule has 3 heterocycles. The van der Waals surface area contributed by atoms with Crippen LogP contribution in [0.2, 0.25) is 0 Å². The summed E-state index contributed by atoms with van der Waals surface area (Å²) in [5, 5.41) is 16.8. The normalized spacial score (nSPS) is 26.6. The van der Waals surface area contributed by atoms with Gasteiger partial charge < -0.3 is 25.9 Å². The number of hydrogen-bond donors (Lipinski definition) is 3. The molecule has 0 aliphatic carbocycles. The van der Waals surface area contributed by atoms with Crippen LogP contribution in [0.4, 0.5) is 5.13 Å². The molecule has 3 rings (SSSR count). The number of nitrogen functional groups attached to an aromatic ring is 1. The number of thioether (sulfide) groups is 1. The van der Waals surface area contributed by atoms with E-state index in [0.717, 1.165) is 11.3 Å². The van der Waals surface area contributed by atoms with Gasteiger partial charge in [-0.05, 0) is 0 Å². The second-order valence-corrected chi connectivity index (χ2v) is 8.60. The number of nitrogens with two attached hydrogens (primary N) is 1. The van der Waals surface area contributed by atoms with E-state index in [9.17, 15) is 19.5 Å². The van der Waals surface area contributed by atoms with Crippen LogP contribution in [0.1, 0.15) is 5.69 Å². The quantitative estimate of drug-likeness (QED) is 0.134. The third-order valence-electron chi connectivity index (χ3n) is 4.00. The summed E-state index contributed by atoms with van der Waals surface area (Å²) in [6.07, 6.45) is 5.10. The molecule has 10 nitrogen and oxygen atoms in total. The molecule has 0 bridgehead atoms. The van der Waals surface area contributed by atoms with Crippen molar-refractivity contribution in [2.45, 2.75) is 16.3 Å². The average Bonchev–Trinajstić information content (AvgIpc) is 3.09.